The van der Waals surface area contributed by atoms with Gasteiger partial charge in [0.05, 0.1) is 0 Å². The predicted molar refractivity (Wildman–Crippen MR) is 64.9 cm³/mol. The summed E-state index contributed by atoms with van der Waals surface area (Å²) in [4.78, 5) is 21.6. The van der Waals surface area contributed by atoms with Crippen LogP contribution in [0, 0.1) is 4.91 Å². The van der Waals surface area contributed by atoms with E-state index >= 15 is 0 Å². The first-order valence-corrected chi connectivity index (χ1v) is 5.55. The number of nitrogens with one attached hydrogen (secondary N) is 1. The summed E-state index contributed by atoms with van der Waals surface area (Å²) < 4.78 is 0. The lowest BCUT2D eigenvalue weighted by atomic mass is 9.82. The minimum Gasteiger partial charge on any atom is -0.506 e. The van der Waals surface area contributed by atoms with E-state index in [4.69, 9.17) is 5.11 Å². The third-order valence-corrected chi connectivity index (χ3v) is 3.23. The Balaban J connectivity index is 2.55. The molecule has 0 amide bonds. The van der Waals surface area contributed by atoms with Gasteiger partial charge in [0.1, 0.15) is 17.5 Å². The summed E-state index contributed by atoms with van der Waals surface area (Å²) in [7, 11) is 0. The van der Waals surface area contributed by atoms with E-state index in [1.54, 1.807) is 0 Å². The summed E-state index contributed by atoms with van der Waals surface area (Å²) in [5, 5.41) is 24.4. The highest BCUT2D eigenvalue weighted by molar-refractivity contribution is 5.75. The zero-order valence-corrected chi connectivity index (χ0v) is 10.1. The number of nitroso groups, excluding NO2 is 1. The maximum absolute atomic E-state index is 11.1. The van der Waals surface area contributed by atoms with Crippen LogP contribution in [-0.4, -0.2) is 22.2 Å². The SMILES string of the molecule is CC1(C)N[C@H](C(=O)O)Cc2cc(O)c(N=O)cc21. The average molecular weight is 250 g/mol. The van der Waals surface area contributed by atoms with E-state index in [2.05, 4.69) is 10.5 Å². The van der Waals surface area contributed by atoms with Crippen LogP contribution in [0.2, 0.25) is 0 Å². The number of carboxylic acids is 1. The van der Waals surface area contributed by atoms with E-state index in [1.165, 1.54) is 12.1 Å². The summed E-state index contributed by atoms with van der Waals surface area (Å²) in [5.74, 6) is -1.16. The van der Waals surface area contributed by atoms with Crippen LogP contribution >= 0.6 is 0 Å². The Morgan fingerprint density at radius 2 is 2.17 bits per heavy atom. The molecule has 2 rings (SSSR count). The molecule has 1 heterocycles. The molecule has 0 spiro atoms. The number of carboxylic acid groups (broad SMARTS) is 1. The van der Waals surface area contributed by atoms with Crippen LogP contribution in [0.1, 0.15) is 25.0 Å². The van der Waals surface area contributed by atoms with Crippen molar-refractivity contribution in [3.63, 3.8) is 0 Å². The summed E-state index contributed by atoms with van der Waals surface area (Å²) in [6.07, 6.45) is 0.265. The molecular weight excluding hydrogens is 236 g/mol. The van der Waals surface area contributed by atoms with Gasteiger partial charge in [0.25, 0.3) is 0 Å². The number of fused-ring (bicyclic) bond motifs is 1. The Hall–Kier alpha value is -1.95. The molecule has 96 valence electrons. The molecule has 0 unspecified atom stereocenters. The van der Waals surface area contributed by atoms with Crippen LogP contribution in [0.4, 0.5) is 5.69 Å². The van der Waals surface area contributed by atoms with Crippen LogP contribution < -0.4 is 5.32 Å². The third kappa shape index (κ3) is 1.95. The van der Waals surface area contributed by atoms with E-state index in [1.807, 2.05) is 13.8 Å². The summed E-state index contributed by atoms with van der Waals surface area (Å²) >= 11 is 0. The van der Waals surface area contributed by atoms with Crippen molar-refractivity contribution in [2.75, 3.05) is 0 Å². The monoisotopic (exact) mass is 250 g/mol. The fraction of sp³-hybridized carbons (Fsp3) is 0.417. The van der Waals surface area contributed by atoms with Gasteiger partial charge in [0.2, 0.25) is 0 Å². The van der Waals surface area contributed by atoms with Crippen LogP contribution in [0.3, 0.4) is 0 Å². The maximum Gasteiger partial charge on any atom is 0.321 e. The lowest BCUT2D eigenvalue weighted by Crippen LogP contribution is -2.52. The van der Waals surface area contributed by atoms with Gasteiger partial charge < -0.3 is 10.2 Å². The Morgan fingerprint density at radius 3 is 2.72 bits per heavy atom. The first kappa shape index (κ1) is 12.5. The zero-order valence-electron chi connectivity index (χ0n) is 10.1. The van der Waals surface area contributed by atoms with Gasteiger partial charge in [-0.1, -0.05) is 0 Å². The first-order valence-electron chi connectivity index (χ1n) is 5.55. The molecule has 1 aliphatic rings. The van der Waals surface area contributed by atoms with Crippen molar-refractivity contribution in [1.29, 1.82) is 0 Å². The number of nitrogens with zero attached hydrogens (tertiary/aromatic N) is 1. The highest BCUT2D eigenvalue weighted by Crippen LogP contribution is 2.38. The summed E-state index contributed by atoms with van der Waals surface area (Å²) in [6, 6.07) is 2.22. The topological polar surface area (TPSA) is 99.0 Å². The maximum atomic E-state index is 11.1. The molecule has 0 fully saturated rings. The molecule has 3 N–H and O–H groups in total. The molecule has 6 heteroatoms. The van der Waals surface area contributed by atoms with Gasteiger partial charge in [-0.2, -0.15) is 0 Å². The van der Waals surface area contributed by atoms with E-state index in [9.17, 15) is 14.8 Å². The van der Waals surface area contributed by atoms with Gasteiger partial charge in [0.15, 0.2) is 0 Å². The van der Waals surface area contributed by atoms with Crippen molar-refractivity contribution < 1.29 is 15.0 Å². The van der Waals surface area contributed by atoms with Crippen molar-refractivity contribution in [2.24, 2.45) is 5.18 Å². The van der Waals surface area contributed by atoms with Crippen molar-refractivity contribution in [1.82, 2.24) is 5.32 Å². The number of aromatic hydroxyl groups is 1. The smallest absolute Gasteiger partial charge is 0.321 e. The Morgan fingerprint density at radius 1 is 1.50 bits per heavy atom. The first-order chi connectivity index (χ1) is 8.35. The molecule has 1 aliphatic heterocycles. The minimum absolute atomic E-state index is 0.0302. The highest BCUT2D eigenvalue weighted by atomic mass is 16.4. The number of phenolic OH excluding ortho intramolecular Hbond substituents is 1. The number of aliphatic carboxylic acids is 1. The number of benzene rings is 1. The Bertz CT molecular complexity index is 525. The quantitative estimate of drug-likeness (QED) is 0.693. The van der Waals surface area contributed by atoms with Gasteiger partial charge in [-0.3, -0.25) is 10.1 Å². The highest BCUT2D eigenvalue weighted by Gasteiger charge is 2.36. The van der Waals surface area contributed by atoms with E-state index in [0.29, 0.717) is 0 Å². The van der Waals surface area contributed by atoms with E-state index in [0.717, 1.165) is 11.1 Å². The van der Waals surface area contributed by atoms with Gasteiger partial charge in [0, 0.05) is 5.54 Å². The zero-order chi connectivity index (χ0) is 13.5. The van der Waals surface area contributed by atoms with Gasteiger partial charge in [-0.05, 0) is 48.7 Å². The number of hydrogen-bond acceptors (Lipinski definition) is 5. The number of carbonyl (C=O) groups is 1. The van der Waals surface area contributed by atoms with Crippen LogP contribution in [0.15, 0.2) is 17.3 Å². The molecule has 0 bridgehead atoms. The molecule has 18 heavy (non-hydrogen) atoms. The molecule has 1 aromatic carbocycles. The molecule has 0 aliphatic carbocycles. The summed E-state index contributed by atoms with van der Waals surface area (Å²) in [6.45, 7) is 3.65. The minimum atomic E-state index is -0.939. The van der Waals surface area contributed by atoms with Crippen molar-refractivity contribution in [3.8, 4) is 5.75 Å². The second-order valence-electron chi connectivity index (χ2n) is 4.95. The normalized spacial score (nSPS) is 21.1. The Kier molecular flexibility index (Phi) is 2.82. The van der Waals surface area contributed by atoms with Crippen molar-refractivity contribution in [2.45, 2.75) is 31.8 Å². The number of hydrogen-bond donors (Lipinski definition) is 3. The van der Waals surface area contributed by atoms with Crippen molar-refractivity contribution >= 4 is 11.7 Å². The van der Waals surface area contributed by atoms with E-state index < -0.39 is 17.6 Å². The van der Waals surface area contributed by atoms with Gasteiger partial charge >= 0.3 is 5.97 Å². The molecular formula is C12H14N2O4. The molecule has 1 aromatic rings. The molecule has 0 radical (unpaired) electrons. The Labute approximate surface area is 104 Å². The fourth-order valence-corrected chi connectivity index (χ4v) is 2.38. The lowest BCUT2D eigenvalue weighted by molar-refractivity contribution is -0.140. The molecule has 0 saturated carbocycles. The molecule has 6 nitrogen and oxygen atoms in total. The number of rotatable bonds is 2. The molecule has 0 saturated heterocycles. The molecule has 0 aromatic heterocycles. The average Bonchev–Trinajstić information content (AvgIpc) is 2.27. The standard InChI is InChI=1S/C12H14N2O4/c1-12(2)7-5-8(14-18)10(15)4-6(7)3-9(13-12)11(16)17/h4-5,9,13,15H,3H2,1-2H3,(H,16,17)/t9-/m0/s1. The van der Waals surface area contributed by atoms with Crippen LogP contribution in [0.5, 0.6) is 5.75 Å². The van der Waals surface area contributed by atoms with Crippen LogP contribution in [-0.2, 0) is 16.8 Å². The van der Waals surface area contributed by atoms with Gasteiger partial charge in [-0.15, -0.1) is 4.91 Å². The van der Waals surface area contributed by atoms with Crippen molar-refractivity contribution in [3.05, 3.63) is 28.2 Å². The second kappa shape index (κ2) is 4.06. The largest absolute Gasteiger partial charge is 0.506 e. The number of phenols is 1. The summed E-state index contributed by atoms with van der Waals surface area (Å²) in [5.41, 5.74) is 0.880. The van der Waals surface area contributed by atoms with E-state index in [-0.39, 0.29) is 17.9 Å². The predicted octanol–water partition coefficient (Wildman–Crippen LogP) is 1.62. The van der Waals surface area contributed by atoms with Gasteiger partial charge in [-0.25, -0.2) is 0 Å². The fourth-order valence-electron chi connectivity index (χ4n) is 2.38. The lowest BCUT2D eigenvalue weighted by Gasteiger charge is -2.37. The second-order valence-corrected chi connectivity index (χ2v) is 4.95. The molecule has 1 atom stereocenters. The van der Waals surface area contributed by atoms with Crippen LogP contribution in [0.25, 0.3) is 0 Å². The third-order valence-electron chi connectivity index (χ3n) is 3.23.